The van der Waals surface area contributed by atoms with Crippen LogP contribution >= 0.6 is 23.1 Å². The van der Waals surface area contributed by atoms with Gasteiger partial charge < -0.3 is 5.32 Å². The summed E-state index contributed by atoms with van der Waals surface area (Å²) in [6.45, 7) is -0.270. The van der Waals surface area contributed by atoms with Crippen LogP contribution in [0, 0.1) is 0 Å². The normalized spacial score (nSPS) is 11.8. The third kappa shape index (κ3) is 4.07. The third-order valence-corrected chi connectivity index (χ3v) is 7.47. The fraction of sp³-hybridized carbons (Fsp3) is 0.176. The van der Waals surface area contributed by atoms with Gasteiger partial charge in [-0.1, -0.05) is 30.0 Å². The zero-order chi connectivity index (χ0) is 18.7. The average molecular weight is 408 g/mol. The quantitative estimate of drug-likeness (QED) is 0.635. The Morgan fingerprint density at radius 1 is 1.23 bits per heavy atom. The topological polar surface area (TPSA) is 79.4 Å². The Bertz CT molecular complexity index is 1030. The molecule has 0 bridgehead atoms. The maximum absolute atomic E-state index is 12.5. The predicted octanol–water partition coefficient (Wildman–Crippen LogP) is 3.28. The van der Waals surface area contributed by atoms with Gasteiger partial charge in [-0.05, 0) is 36.6 Å². The van der Waals surface area contributed by atoms with Crippen LogP contribution in [0.2, 0.25) is 0 Å². The molecule has 0 radical (unpaired) electrons. The van der Waals surface area contributed by atoms with Gasteiger partial charge in [0.1, 0.15) is 0 Å². The molecular formula is C17H17N3O3S3. The second-order valence-electron chi connectivity index (χ2n) is 5.49. The number of sulfonamides is 1. The van der Waals surface area contributed by atoms with E-state index in [1.807, 2.05) is 18.4 Å². The Morgan fingerprint density at radius 3 is 2.65 bits per heavy atom. The molecule has 6 nitrogen and oxygen atoms in total. The van der Waals surface area contributed by atoms with Crippen LogP contribution in [0.15, 0.2) is 57.8 Å². The fourth-order valence-electron chi connectivity index (χ4n) is 2.33. The van der Waals surface area contributed by atoms with Crippen LogP contribution in [0.4, 0.5) is 5.69 Å². The van der Waals surface area contributed by atoms with E-state index in [0.717, 1.165) is 18.9 Å². The number of carbonyl (C=O) groups is 1. The molecule has 3 aromatic rings. The second kappa shape index (κ2) is 7.75. The minimum Gasteiger partial charge on any atom is -0.325 e. The number of aromatic nitrogens is 1. The summed E-state index contributed by atoms with van der Waals surface area (Å²) in [6, 6.07) is 13.5. The Hall–Kier alpha value is -1.94. The number of nitrogens with one attached hydrogen (secondary N) is 1. The Kier molecular flexibility index (Phi) is 5.61. The first-order valence-electron chi connectivity index (χ1n) is 7.66. The number of anilines is 1. The highest BCUT2D eigenvalue weighted by Crippen LogP contribution is 2.30. The molecule has 0 fully saturated rings. The van der Waals surface area contributed by atoms with Gasteiger partial charge in [-0.25, -0.2) is 13.4 Å². The summed E-state index contributed by atoms with van der Waals surface area (Å²) < 4.78 is 27.9. The van der Waals surface area contributed by atoms with Crippen LogP contribution in [-0.2, 0) is 14.8 Å². The highest BCUT2D eigenvalue weighted by Gasteiger charge is 2.22. The van der Waals surface area contributed by atoms with Crippen molar-refractivity contribution in [3.63, 3.8) is 0 Å². The molecule has 0 saturated heterocycles. The van der Waals surface area contributed by atoms with E-state index in [9.17, 15) is 13.2 Å². The van der Waals surface area contributed by atoms with Gasteiger partial charge in [0.2, 0.25) is 15.9 Å². The van der Waals surface area contributed by atoms with Gasteiger partial charge in [-0.3, -0.25) is 4.79 Å². The van der Waals surface area contributed by atoms with E-state index in [1.54, 1.807) is 47.4 Å². The van der Waals surface area contributed by atoms with Gasteiger partial charge >= 0.3 is 0 Å². The molecule has 0 aliphatic rings. The number of fused-ring (bicyclic) bond motifs is 1. The van der Waals surface area contributed by atoms with Crippen molar-refractivity contribution in [3.05, 3.63) is 48.5 Å². The van der Waals surface area contributed by atoms with Crippen molar-refractivity contribution in [2.45, 2.75) is 9.24 Å². The molecule has 0 atom stereocenters. The van der Waals surface area contributed by atoms with Crippen LogP contribution < -0.4 is 5.32 Å². The van der Waals surface area contributed by atoms with Crippen LogP contribution in [0.1, 0.15) is 0 Å². The molecule has 1 N–H and O–H groups in total. The maximum Gasteiger partial charge on any atom is 0.243 e. The smallest absolute Gasteiger partial charge is 0.243 e. The molecule has 3 rings (SSSR count). The number of thioether (sulfide) groups is 1. The number of likely N-dealkylation sites (N-methyl/N-ethyl adjacent to an activating group) is 1. The monoisotopic (exact) mass is 407 g/mol. The van der Waals surface area contributed by atoms with E-state index >= 15 is 0 Å². The van der Waals surface area contributed by atoms with Crippen molar-refractivity contribution in [3.8, 4) is 0 Å². The number of benzene rings is 2. The number of hydrogen-bond donors (Lipinski definition) is 1. The summed E-state index contributed by atoms with van der Waals surface area (Å²) in [5, 5.41) is 2.74. The second-order valence-corrected chi connectivity index (χ2v) is 9.62. The average Bonchev–Trinajstić information content (AvgIpc) is 3.04. The van der Waals surface area contributed by atoms with Gasteiger partial charge in [-0.15, -0.1) is 11.3 Å². The molecule has 1 aromatic heterocycles. The minimum atomic E-state index is -3.70. The highest BCUT2D eigenvalue weighted by molar-refractivity contribution is 8.00. The summed E-state index contributed by atoms with van der Waals surface area (Å²) in [7, 11) is -2.31. The first-order valence-corrected chi connectivity index (χ1v) is 11.1. The van der Waals surface area contributed by atoms with Crippen molar-refractivity contribution in [1.82, 2.24) is 9.29 Å². The van der Waals surface area contributed by atoms with Crippen molar-refractivity contribution >= 4 is 54.9 Å². The van der Waals surface area contributed by atoms with Crippen molar-refractivity contribution < 1.29 is 13.2 Å². The first kappa shape index (κ1) is 18.8. The largest absolute Gasteiger partial charge is 0.325 e. The van der Waals surface area contributed by atoms with E-state index in [2.05, 4.69) is 10.3 Å². The van der Waals surface area contributed by atoms with E-state index in [1.165, 1.54) is 19.2 Å². The lowest BCUT2D eigenvalue weighted by Crippen LogP contribution is -2.34. The molecule has 0 saturated carbocycles. The summed E-state index contributed by atoms with van der Waals surface area (Å²) in [5.41, 5.74) is 1.49. The van der Waals surface area contributed by atoms with E-state index < -0.39 is 15.9 Å². The molecule has 26 heavy (non-hydrogen) atoms. The predicted molar refractivity (Wildman–Crippen MR) is 106 cm³/mol. The maximum atomic E-state index is 12.5. The summed E-state index contributed by atoms with van der Waals surface area (Å²) >= 11 is 3.12. The zero-order valence-corrected chi connectivity index (χ0v) is 16.6. The van der Waals surface area contributed by atoms with Crippen LogP contribution in [0.3, 0.4) is 0 Å². The number of thiazole rings is 1. The van der Waals surface area contributed by atoms with Crippen LogP contribution in [0.25, 0.3) is 10.2 Å². The van der Waals surface area contributed by atoms with Gasteiger partial charge in [-0.2, -0.15) is 4.31 Å². The number of nitrogens with zero attached hydrogens (tertiary/aromatic N) is 2. The third-order valence-electron chi connectivity index (χ3n) is 3.64. The van der Waals surface area contributed by atoms with Crippen molar-refractivity contribution in [2.24, 2.45) is 0 Å². The summed E-state index contributed by atoms with van der Waals surface area (Å²) in [4.78, 5) is 16.9. The number of rotatable bonds is 6. The van der Waals surface area contributed by atoms with Crippen molar-refractivity contribution in [1.29, 1.82) is 0 Å². The molecule has 136 valence electrons. The van der Waals surface area contributed by atoms with E-state index in [-0.39, 0.29) is 11.4 Å². The van der Waals surface area contributed by atoms with E-state index in [0.29, 0.717) is 5.69 Å². The standard InChI is InChI=1S/C17H17N3O3S3/c1-20(26(22,23)13-6-4-3-5-7-13)11-16(21)18-12-8-9-14-15(10-12)25-17(19-14)24-2/h3-10H,11H2,1-2H3,(H,18,21). The molecule has 1 amide bonds. The molecular weight excluding hydrogens is 390 g/mol. The Balaban J connectivity index is 1.70. The van der Waals surface area contributed by atoms with Crippen LogP contribution in [0.5, 0.6) is 0 Å². The lowest BCUT2D eigenvalue weighted by atomic mass is 10.3. The molecule has 1 heterocycles. The Labute approximate surface area is 160 Å². The Morgan fingerprint density at radius 2 is 1.96 bits per heavy atom. The van der Waals surface area contributed by atoms with Crippen LogP contribution in [-0.4, -0.2) is 43.5 Å². The highest BCUT2D eigenvalue weighted by atomic mass is 32.2. The van der Waals surface area contributed by atoms with E-state index in [4.69, 9.17) is 0 Å². The molecule has 0 unspecified atom stereocenters. The number of hydrogen-bond acceptors (Lipinski definition) is 6. The minimum absolute atomic E-state index is 0.158. The number of carbonyl (C=O) groups excluding carboxylic acids is 1. The molecule has 0 spiro atoms. The molecule has 9 heteroatoms. The molecule has 2 aromatic carbocycles. The zero-order valence-electron chi connectivity index (χ0n) is 14.2. The van der Waals surface area contributed by atoms with Gasteiger partial charge in [0.05, 0.1) is 21.7 Å². The van der Waals surface area contributed by atoms with Gasteiger partial charge in [0.15, 0.2) is 4.34 Å². The number of amides is 1. The first-order chi connectivity index (χ1) is 12.4. The fourth-order valence-corrected chi connectivity index (χ4v) is 5.01. The molecule has 0 aliphatic carbocycles. The summed E-state index contributed by atoms with van der Waals surface area (Å²) in [5.74, 6) is -0.402. The van der Waals surface area contributed by atoms with Gasteiger partial charge in [0.25, 0.3) is 0 Å². The SMILES string of the molecule is CSc1nc2ccc(NC(=O)CN(C)S(=O)(=O)c3ccccc3)cc2s1. The summed E-state index contributed by atoms with van der Waals surface area (Å²) in [6.07, 6.45) is 1.96. The van der Waals surface area contributed by atoms with Crippen molar-refractivity contribution in [2.75, 3.05) is 25.2 Å². The lowest BCUT2D eigenvalue weighted by Gasteiger charge is -2.16. The lowest BCUT2D eigenvalue weighted by molar-refractivity contribution is -0.116. The van der Waals surface area contributed by atoms with Gasteiger partial charge in [0, 0.05) is 12.7 Å². The molecule has 0 aliphatic heterocycles.